The summed E-state index contributed by atoms with van der Waals surface area (Å²) in [5.74, 6) is 0. The molecule has 0 aromatic carbocycles. The average molecular weight is 158 g/mol. The van der Waals surface area contributed by atoms with Crippen LogP contribution in [-0.4, -0.2) is 41.8 Å². The van der Waals surface area contributed by atoms with E-state index in [1.165, 1.54) is 6.42 Å². The summed E-state index contributed by atoms with van der Waals surface area (Å²) in [6, 6.07) is 0.360. The first-order valence-corrected chi connectivity index (χ1v) is 4.38. The molecule has 3 N–H and O–H groups in total. The van der Waals surface area contributed by atoms with Gasteiger partial charge in [0.25, 0.3) is 0 Å². The van der Waals surface area contributed by atoms with Gasteiger partial charge in [-0.25, -0.2) is 0 Å². The normalized spacial score (nSPS) is 29.2. The molecule has 1 fully saturated rings. The number of hydrogen-bond acceptors (Lipinski definition) is 3. The van der Waals surface area contributed by atoms with E-state index in [9.17, 15) is 5.11 Å². The minimum absolute atomic E-state index is 0.205. The van der Waals surface area contributed by atoms with E-state index < -0.39 is 0 Å². The van der Waals surface area contributed by atoms with Gasteiger partial charge in [-0.1, -0.05) is 0 Å². The van der Waals surface area contributed by atoms with Gasteiger partial charge in [-0.15, -0.1) is 0 Å². The van der Waals surface area contributed by atoms with E-state index in [4.69, 9.17) is 5.73 Å². The van der Waals surface area contributed by atoms with Crippen molar-refractivity contribution < 1.29 is 5.11 Å². The summed E-state index contributed by atoms with van der Waals surface area (Å²) >= 11 is 0. The monoisotopic (exact) mass is 158 g/mol. The Balaban J connectivity index is 2.37. The zero-order valence-electron chi connectivity index (χ0n) is 7.16. The van der Waals surface area contributed by atoms with Crippen LogP contribution < -0.4 is 5.73 Å². The predicted molar refractivity (Wildman–Crippen MR) is 45.3 cm³/mol. The highest BCUT2D eigenvalue weighted by Crippen LogP contribution is 2.18. The van der Waals surface area contributed by atoms with Crippen LogP contribution in [0.4, 0.5) is 0 Å². The number of hydrogen-bond donors (Lipinski definition) is 2. The lowest BCUT2D eigenvalue weighted by atomic mass is 10.1. The number of nitrogens with zero attached hydrogens (tertiary/aromatic N) is 1. The van der Waals surface area contributed by atoms with Crippen LogP contribution >= 0.6 is 0 Å². The maximum atomic E-state index is 9.37. The van der Waals surface area contributed by atoms with E-state index in [2.05, 4.69) is 4.90 Å². The second-order valence-corrected chi connectivity index (χ2v) is 3.27. The Morgan fingerprint density at radius 3 is 3.00 bits per heavy atom. The first-order chi connectivity index (χ1) is 5.25. The molecule has 0 aromatic rings. The zero-order chi connectivity index (χ0) is 8.27. The van der Waals surface area contributed by atoms with Crippen molar-refractivity contribution in [3.63, 3.8) is 0 Å². The van der Waals surface area contributed by atoms with Gasteiger partial charge in [0.2, 0.25) is 0 Å². The maximum absolute atomic E-state index is 9.37. The van der Waals surface area contributed by atoms with E-state index >= 15 is 0 Å². The molecule has 0 bridgehead atoms. The van der Waals surface area contributed by atoms with Crippen molar-refractivity contribution in [1.29, 1.82) is 0 Å². The lowest BCUT2D eigenvalue weighted by Gasteiger charge is -2.25. The van der Waals surface area contributed by atoms with Crippen LogP contribution in [-0.2, 0) is 0 Å². The largest absolute Gasteiger partial charge is 0.392 e. The van der Waals surface area contributed by atoms with Gasteiger partial charge in [0.1, 0.15) is 0 Å². The SMILES string of the molecule is C[C@@H](O)[C@@H]1CCCN1CCN. The molecule has 0 amide bonds. The number of nitrogens with two attached hydrogens (primary N) is 1. The van der Waals surface area contributed by atoms with Gasteiger partial charge in [0.05, 0.1) is 6.10 Å². The Labute approximate surface area is 68.2 Å². The van der Waals surface area contributed by atoms with Crippen molar-refractivity contribution in [2.24, 2.45) is 5.73 Å². The highest BCUT2D eigenvalue weighted by atomic mass is 16.3. The number of aliphatic hydroxyl groups is 1. The summed E-state index contributed by atoms with van der Waals surface area (Å²) in [5.41, 5.74) is 5.45. The molecule has 1 aliphatic heterocycles. The molecule has 0 spiro atoms. The average Bonchev–Trinajstić information content (AvgIpc) is 2.36. The molecule has 0 aromatic heterocycles. The minimum atomic E-state index is -0.205. The summed E-state index contributed by atoms with van der Waals surface area (Å²) in [6.45, 7) is 4.59. The van der Waals surface area contributed by atoms with E-state index in [-0.39, 0.29) is 6.10 Å². The molecule has 11 heavy (non-hydrogen) atoms. The van der Waals surface area contributed by atoms with Crippen LogP contribution in [0.1, 0.15) is 19.8 Å². The van der Waals surface area contributed by atoms with Crippen molar-refractivity contribution in [2.75, 3.05) is 19.6 Å². The fourth-order valence-electron chi connectivity index (χ4n) is 1.84. The van der Waals surface area contributed by atoms with Crippen LogP contribution in [0.15, 0.2) is 0 Å². The third-order valence-corrected chi connectivity index (χ3v) is 2.39. The van der Waals surface area contributed by atoms with Crippen molar-refractivity contribution in [3.05, 3.63) is 0 Å². The minimum Gasteiger partial charge on any atom is -0.392 e. The summed E-state index contributed by atoms with van der Waals surface area (Å²) in [6.07, 6.45) is 2.12. The van der Waals surface area contributed by atoms with Gasteiger partial charge in [-0.05, 0) is 26.3 Å². The Hall–Kier alpha value is -0.120. The topological polar surface area (TPSA) is 49.5 Å². The van der Waals surface area contributed by atoms with Gasteiger partial charge in [0.15, 0.2) is 0 Å². The second-order valence-electron chi connectivity index (χ2n) is 3.27. The van der Waals surface area contributed by atoms with E-state index in [0.29, 0.717) is 12.6 Å². The summed E-state index contributed by atoms with van der Waals surface area (Å²) in [5, 5.41) is 9.37. The standard InChI is InChI=1S/C8H18N2O/c1-7(11)8-3-2-5-10(8)6-4-9/h7-8,11H,2-6,9H2,1H3/t7-,8+/m1/s1. The van der Waals surface area contributed by atoms with Gasteiger partial charge >= 0.3 is 0 Å². The molecule has 1 rings (SSSR count). The molecule has 1 saturated heterocycles. The molecule has 3 nitrogen and oxygen atoms in total. The Morgan fingerprint density at radius 1 is 1.73 bits per heavy atom. The van der Waals surface area contributed by atoms with Gasteiger partial charge in [-0.3, -0.25) is 4.90 Å². The summed E-state index contributed by atoms with van der Waals surface area (Å²) < 4.78 is 0. The van der Waals surface area contributed by atoms with E-state index in [0.717, 1.165) is 19.5 Å². The molecule has 1 aliphatic rings. The molecule has 0 saturated carbocycles. The van der Waals surface area contributed by atoms with E-state index in [1.807, 2.05) is 6.92 Å². The molecule has 0 unspecified atom stereocenters. The smallest absolute Gasteiger partial charge is 0.0667 e. The lowest BCUT2D eigenvalue weighted by molar-refractivity contribution is 0.0885. The predicted octanol–water partition coefficient (Wildman–Crippen LogP) is -0.210. The lowest BCUT2D eigenvalue weighted by Crippen LogP contribution is -2.40. The molecule has 1 heterocycles. The molecular formula is C8H18N2O. The second kappa shape index (κ2) is 4.04. The highest BCUT2D eigenvalue weighted by Gasteiger charge is 2.26. The van der Waals surface area contributed by atoms with Crippen LogP contribution in [0, 0.1) is 0 Å². The first-order valence-electron chi connectivity index (χ1n) is 4.38. The van der Waals surface area contributed by atoms with Crippen LogP contribution in [0.5, 0.6) is 0 Å². The fraction of sp³-hybridized carbons (Fsp3) is 1.00. The van der Waals surface area contributed by atoms with Crippen LogP contribution in [0.2, 0.25) is 0 Å². The quantitative estimate of drug-likeness (QED) is 0.597. The Morgan fingerprint density at radius 2 is 2.45 bits per heavy atom. The highest BCUT2D eigenvalue weighted by molar-refractivity contribution is 4.82. The maximum Gasteiger partial charge on any atom is 0.0667 e. The van der Waals surface area contributed by atoms with Crippen molar-refractivity contribution in [3.8, 4) is 0 Å². The van der Waals surface area contributed by atoms with E-state index in [1.54, 1.807) is 0 Å². The van der Waals surface area contributed by atoms with Gasteiger partial charge in [0, 0.05) is 19.1 Å². The van der Waals surface area contributed by atoms with Crippen molar-refractivity contribution >= 4 is 0 Å². The van der Waals surface area contributed by atoms with Crippen molar-refractivity contribution in [1.82, 2.24) is 4.90 Å². The number of rotatable bonds is 3. The first kappa shape index (κ1) is 8.97. The van der Waals surface area contributed by atoms with Crippen LogP contribution in [0.3, 0.4) is 0 Å². The number of aliphatic hydroxyl groups excluding tert-OH is 1. The van der Waals surface area contributed by atoms with Gasteiger partial charge in [-0.2, -0.15) is 0 Å². The zero-order valence-corrected chi connectivity index (χ0v) is 7.16. The third-order valence-electron chi connectivity index (χ3n) is 2.39. The third kappa shape index (κ3) is 2.15. The number of likely N-dealkylation sites (tertiary alicyclic amines) is 1. The molecule has 3 heteroatoms. The van der Waals surface area contributed by atoms with Gasteiger partial charge < -0.3 is 10.8 Å². The molecule has 0 aliphatic carbocycles. The summed E-state index contributed by atoms with van der Waals surface area (Å²) in [4.78, 5) is 2.28. The Bertz CT molecular complexity index is 117. The molecule has 66 valence electrons. The molecule has 2 atom stereocenters. The van der Waals surface area contributed by atoms with Crippen molar-refractivity contribution in [2.45, 2.75) is 31.9 Å². The van der Waals surface area contributed by atoms with Crippen LogP contribution in [0.25, 0.3) is 0 Å². The summed E-state index contributed by atoms with van der Waals surface area (Å²) in [7, 11) is 0. The Kier molecular flexibility index (Phi) is 3.30. The molecular weight excluding hydrogens is 140 g/mol. The fourth-order valence-corrected chi connectivity index (χ4v) is 1.84. The molecule has 0 radical (unpaired) electrons.